The minimum absolute atomic E-state index is 0. The maximum Gasteiger partial charge on any atom is 0.0558 e. The summed E-state index contributed by atoms with van der Waals surface area (Å²) < 4.78 is 0. The molecule has 0 unspecified atom stereocenters. The topological polar surface area (TPSA) is 46.9 Å². The van der Waals surface area contributed by atoms with Crippen molar-refractivity contribution in [2.24, 2.45) is 0 Å². The fraction of sp³-hybridized carbons (Fsp3) is 1.00. The summed E-state index contributed by atoms with van der Waals surface area (Å²) in [5.74, 6) is 0. The van der Waals surface area contributed by atoms with Crippen molar-refractivity contribution >= 4 is 0 Å². The van der Waals surface area contributed by atoms with Gasteiger partial charge in [-0.05, 0) is 28.2 Å². The first-order valence-electron chi connectivity index (χ1n) is 4.05. The molecule has 0 rings (SSSR count). The zero-order valence-corrected chi connectivity index (χ0v) is 12.3. The van der Waals surface area contributed by atoms with E-state index < -0.39 is 0 Å². The summed E-state index contributed by atoms with van der Waals surface area (Å²) in [6.07, 6.45) is 0. The summed E-state index contributed by atoms with van der Waals surface area (Å²) in [5, 5.41) is 16.4. The van der Waals surface area contributed by atoms with Gasteiger partial charge < -0.3 is 20.0 Å². The fourth-order valence-electron chi connectivity index (χ4n) is 0.400. The molecule has 13 heavy (non-hydrogen) atoms. The van der Waals surface area contributed by atoms with Crippen LogP contribution in [0.3, 0.4) is 0 Å². The van der Waals surface area contributed by atoms with E-state index in [4.69, 9.17) is 10.2 Å². The summed E-state index contributed by atoms with van der Waals surface area (Å²) in [4.78, 5) is 3.86. The van der Waals surface area contributed by atoms with Crippen LogP contribution in [0.15, 0.2) is 0 Å². The summed E-state index contributed by atoms with van der Waals surface area (Å²) >= 11 is 0. The average Bonchev–Trinajstić information content (AvgIpc) is 1.87. The Morgan fingerprint density at radius 1 is 0.769 bits per heavy atom. The number of aliphatic hydroxyl groups is 2. The van der Waals surface area contributed by atoms with E-state index in [0.717, 1.165) is 13.1 Å². The monoisotopic (exact) mass is 242 g/mol. The van der Waals surface area contributed by atoms with E-state index in [1.165, 1.54) is 0 Å². The standard InChI is InChI=1S/2C4H11NO.Zn/c2*1-5(2)3-4-6;/h2*6H,3-4H2,1-2H3;. The van der Waals surface area contributed by atoms with Gasteiger partial charge in [0, 0.05) is 32.6 Å². The molecule has 5 heteroatoms. The van der Waals surface area contributed by atoms with Crippen molar-refractivity contribution in [3.8, 4) is 0 Å². The quantitative estimate of drug-likeness (QED) is 0.627. The Bertz CT molecular complexity index is 72.5. The third kappa shape index (κ3) is 32.7. The van der Waals surface area contributed by atoms with Gasteiger partial charge in [0.05, 0.1) is 13.2 Å². The Labute approximate surface area is 94.3 Å². The van der Waals surface area contributed by atoms with Crippen molar-refractivity contribution in [3.05, 3.63) is 0 Å². The van der Waals surface area contributed by atoms with Gasteiger partial charge in [0.1, 0.15) is 0 Å². The molecule has 0 saturated carbocycles. The number of rotatable bonds is 4. The van der Waals surface area contributed by atoms with E-state index >= 15 is 0 Å². The SMILES string of the molecule is CN(C)CCO.CN(C)CCO.[Zn]. The smallest absolute Gasteiger partial charge is 0.0558 e. The Hall–Kier alpha value is 0.463. The van der Waals surface area contributed by atoms with Crippen LogP contribution in [0.1, 0.15) is 0 Å². The van der Waals surface area contributed by atoms with Crippen molar-refractivity contribution in [2.45, 2.75) is 0 Å². The summed E-state index contributed by atoms with van der Waals surface area (Å²) in [7, 11) is 7.71. The number of nitrogens with zero attached hydrogens (tertiary/aromatic N) is 2. The number of likely N-dealkylation sites (N-methyl/N-ethyl adjacent to an activating group) is 2. The Kier molecular flexibility index (Phi) is 22.0. The van der Waals surface area contributed by atoms with Crippen molar-refractivity contribution in [3.63, 3.8) is 0 Å². The zero-order valence-electron chi connectivity index (χ0n) is 9.32. The first kappa shape index (κ1) is 19.1. The van der Waals surface area contributed by atoms with Crippen molar-refractivity contribution in [1.29, 1.82) is 0 Å². The zero-order chi connectivity index (χ0) is 9.98. The molecule has 0 aliphatic rings. The van der Waals surface area contributed by atoms with Crippen LogP contribution in [-0.2, 0) is 19.5 Å². The largest absolute Gasteiger partial charge is 0.395 e. The van der Waals surface area contributed by atoms with Crippen molar-refractivity contribution < 1.29 is 29.7 Å². The first-order chi connectivity index (χ1) is 5.54. The molecule has 4 nitrogen and oxygen atoms in total. The molecule has 2 N–H and O–H groups in total. The maximum absolute atomic E-state index is 8.20. The van der Waals surface area contributed by atoms with E-state index in [0.29, 0.717) is 0 Å². The van der Waals surface area contributed by atoms with Gasteiger partial charge in [-0.1, -0.05) is 0 Å². The molecule has 0 atom stereocenters. The van der Waals surface area contributed by atoms with E-state index in [2.05, 4.69) is 0 Å². The van der Waals surface area contributed by atoms with Crippen LogP contribution in [0, 0.1) is 0 Å². The van der Waals surface area contributed by atoms with Crippen LogP contribution in [0.25, 0.3) is 0 Å². The molecule has 0 radical (unpaired) electrons. The molecule has 0 heterocycles. The van der Waals surface area contributed by atoms with Crippen LogP contribution in [0.2, 0.25) is 0 Å². The Morgan fingerprint density at radius 2 is 1.00 bits per heavy atom. The van der Waals surface area contributed by atoms with Gasteiger partial charge in [-0.2, -0.15) is 0 Å². The Balaban J connectivity index is -0.000000143. The van der Waals surface area contributed by atoms with Gasteiger partial charge in [0.25, 0.3) is 0 Å². The molecule has 0 aromatic heterocycles. The van der Waals surface area contributed by atoms with Crippen LogP contribution in [0.4, 0.5) is 0 Å². The van der Waals surface area contributed by atoms with E-state index in [1.807, 2.05) is 38.0 Å². The van der Waals surface area contributed by atoms with E-state index in [1.54, 1.807) is 0 Å². The molecular weight excluding hydrogens is 221 g/mol. The van der Waals surface area contributed by atoms with Gasteiger partial charge in [-0.25, -0.2) is 0 Å². The second kappa shape index (κ2) is 15.0. The molecule has 78 valence electrons. The van der Waals surface area contributed by atoms with Crippen molar-refractivity contribution in [1.82, 2.24) is 9.80 Å². The number of aliphatic hydroxyl groups excluding tert-OH is 2. The molecule has 0 saturated heterocycles. The summed E-state index contributed by atoms with van der Waals surface area (Å²) in [6, 6.07) is 0. The third-order valence-corrected chi connectivity index (χ3v) is 1.09. The Morgan fingerprint density at radius 3 is 1.00 bits per heavy atom. The molecule has 0 amide bonds. The minimum atomic E-state index is 0. The molecule has 0 bridgehead atoms. The first-order valence-corrected chi connectivity index (χ1v) is 4.05. The normalized spacial score (nSPS) is 9.23. The molecule has 0 aromatic carbocycles. The molecule has 0 aromatic rings. The second-order valence-corrected chi connectivity index (χ2v) is 3.05. The van der Waals surface area contributed by atoms with Crippen LogP contribution in [0.5, 0.6) is 0 Å². The van der Waals surface area contributed by atoms with Gasteiger partial charge in [-0.15, -0.1) is 0 Å². The van der Waals surface area contributed by atoms with Gasteiger partial charge in [-0.3, -0.25) is 0 Å². The van der Waals surface area contributed by atoms with Crippen LogP contribution < -0.4 is 0 Å². The minimum Gasteiger partial charge on any atom is -0.395 e. The summed E-state index contributed by atoms with van der Waals surface area (Å²) in [6.45, 7) is 2.04. The van der Waals surface area contributed by atoms with Crippen LogP contribution >= 0.6 is 0 Å². The predicted molar refractivity (Wildman–Crippen MR) is 51.3 cm³/mol. The van der Waals surface area contributed by atoms with Gasteiger partial charge in [0.15, 0.2) is 0 Å². The maximum atomic E-state index is 8.20. The molecule has 0 aliphatic heterocycles. The second-order valence-electron chi connectivity index (χ2n) is 3.05. The van der Waals surface area contributed by atoms with E-state index in [-0.39, 0.29) is 32.7 Å². The number of hydrogen-bond donors (Lipinski definition) is 2. The van der Waals surface area contributed by atoms with Crippen LogP contribution in [-0.4, -0.2) is 74.5 Å². The van der Waals surface area contributed by atoms with Gasteiger partial charge in [0.2, 0.25) is 0 Å². The predicted octanol–water partition coefficient (Wildman–Crippen LogP) is -0.922. The molecule has 0 aliphatic carbocycles. The average molecular weight is 244 g/mol. The number of hydrogen-bond acceptors (Lipinski definition) is 4. The molecular formula is C8H22N2O2Zn. The van der Waals surface area contributed by atoms with Gasteiger partial charge >= 0.3 is 0 Å². The third-order valence-electron chi connectivity index (χ3n) is 1.09. The van der Waals surface area contributed by atoms with E-state index in [9.17, 15) is 0 Å². The molecule has 0 fully saturated rings. The summed E-state index contributed by atoms with van der Waals surface area (Å²) in [5.41, 5.74) is 0. The molecule has 0 spiro atoms. The van der Waals surface area contributed by atoms with Crippen molar-refractivity contribution in [2.75, 3.05) is 54.5 Å². The fourth-order valence-corrected chi connectivity index (χ4v) is 0.400.